The summed E-state index contributed by atoms with van der Waals surface area (Å²) in [5.41, 5.74) is 3.07. The molecule has 0 saturated carbocycles. The van der Waals surface area contributed by atoms with Gasteiger partial charge in [0.2, 0.25) is 0 Å². The van der Waals surface area contributed by atoms with Crippen molar-refractivity contribution in [3.8, 4) is 0 Å². The average Bonchev–Trinajstić information content (AvgIpc) is 3.27. The highest BCUT2D eigenvalue weighted by Gasteiger charge is 2.11. The summed E-state index contributed by atoms with van der Waals surface area (Å²) < 4.78 is 1.85. The van der Waals surface area contributed by atoms with E-state index in [1.54, 1.807) is 24.7 Å². The number of rotatable bonds is 4. The largest absolute Gasteiger partial charge is 0.322 e. The topological polar surface area (TPSA) is 101 Å². The number of fused-ring (bicyclic) bond motifs is 1. The fraction of sp³-hybridized carbons (Fsp3) is 0.0625. The summed E-state index contributed by atoms with van der Waals surface area (Å²) in [5.74, 6) is 0.386. The number of para-hydroxylation sites is 1. The molecule has 1 amide bonds. The minimum absolute atomic E-state index is 0.181. The Balaban J connectivity index is 1.59. The molecule has 0 atom stereocenters. The third-order valence-electron chi connectivity index (χ3n) is 3.68. The molecular weight excluding hydrogens is 306 g/mol. The smallest absolute Gasteiger partial charge is 0.255 e. The van der Waals surface area contributed by atoms with E-state index in [1.807, 2.05) is 34.9 Å². The van der Waals surface area contributed by atoms with Crippen LogP contribution in [-0.2, 0) is 6.42 Å². The number of hydrogen-bond acceptors (Lipinski definition) is 5. The van der Waals surface area contributed by atoms with Crippen LogP contribution in [0.3, 0.4) is 0 Å². The zero-order valence-corrected chi connectivity index (χ0v) is 12.5. The molecule has 0 aliphatic rings. The van der Waals surface area contributed by atoms with Crippen LogP contribution in [0.5, 0.6) is 0 Å². The molecule has 0 aliphatic carbocycles. The SMILES string of the molecule is O=C(Nc1ccccc1Cc1nn[nH]n1)c1ccn2cncc2c1. The fourth-order valence-electron chi connectivity index (χ4n) is 2.48. The molecule has 4 aromatic rings. The number of benzene rings is 1. The van der Waals surface area contributed by atoms with Crippen LogP contribution in [0.15, 0.2) is 55.1 Å². The van der Waals surface area contributed by atoms with Crippen molar-refractivity contribution in [2.75, 3.05) is 5.32 Å². The van der Waals surface area contributed by atoms with E-state index in [1.165, 1.54) is 0 Å². The lowest BCUT2D eigenvalue weighted by Crippen LogP contribution is -2.13. The lowest BCUT2D eigenvalue weighted by atomic mass is 10.1. The minimum atomic E-state index is -0.181. The lowest BCUT2D eigenvalue weighted by Gasteiger charge is -2.10. The molecule has 24 heavy (non-hydrogen) atoms. The number of pyridine rings is 1. The maximum absolute atomic E-state index is 12.5. The predicted molar refractivity (Wildman–Crippen MR) is 86.6 cm³/mol. The summed E-state index contributed by atoms with van der Waals surface area (Å²) in [6, 6.07) is 11.1. The molecule has 0 aliphatic heterocycles. The Morgan fingerprint density at radius 1 is 1.25 bits per heavy atom. The molecule has 1 aromatic carbocycles. The Hall–Kier alpha value is -3.55. The van der Waals surface area contributed by atoms with Gasteiger partial charge >= 0.3 is 0 Å². The van der Waals surface area contributed by atoms with Crippen LogP contribution in [0.4, 0.5) is 5.69 Å². The van der Waals surface area contributed by atoms with E-state index < -0.39 is 0 Å². The van der Waals surface area contributed by atoms with Crippen molar-refractivity contribution in [1.82, 2.24) is 30.0 Å². The number of aromatic nitrogens is 6. The molecule has 0 fully saturated rings. The number of hydrogen-bond donors (Lipinski definition) is 2. The van der Waals surface area contributed by atoms with E-state index in [0.29, 0.717) is 17.8 Å². The van der Waals surface area contributed by atoms with Crippen molar-refractivity contribution in [3.63, 3.8) is 0 Å². The van der Waals surface area contributed by atoms with Crippen LogP contribution in [0.25, 0.3) is 5.52 Å². The number of imidazole rings is 1. The first-order valence-electron chi connectivity index (χ1n) is 7.33. The normalized spacial score (nSPS) is 10.8. The quantitative estimate of drug-likeness (QED) is 0.596. The Morgan fingerprint density at radius 3 is 3.04 bits per heavy atom. The highest BCUT2D eigenvalue weighted by atomic mass is 16.1. The summed E-state index contributed by atoms with van der Waals surface area (Å²) in [4.78, 5) is 16.6. The standard InChI is InChI=1S/C16H13N7O/c24-16(12-5-6-23-10-17-9-13(23)7-12)18-14-4-2-1-3-11(14)8-15-19-21-22-20-15/h1-7,9-10H,8H2,(H,18,24)(H,19,20,21,22). The monoisotopic (exact) mass is 319 g/mol. The lowest BCUT2D eigenvalue weighted by molar-refractivity contribution is 0.102. The number of anilines is 1. The Kier molecular flexibility index (Phi) is 3.47. The summed E-state index contributed by atoms with van der Waals surface area (Å²) in [6.45, 7) is 0. The van der Waals surface area contributed by atoms with E-state index >= 15 is 0 Å². The van der Waals surface area contributed by atoms with Gasteiger partial charge in [0.05, 0.1) is 18.0 Å². The molecule has 0 unspecified atom stereocenters. The molecule has 0 saturated heterocycles. The van der Waals surface area contributed by atoms with Crippen LogP contribution in [-0.4, -0.2) is 35.9 Å². The van der Waals surface area contributed by atoms with Gasteiger partial charge in [-0.2, -0.15) is 5.21 Å². The molecule has 4 rings (SSSR count). The second-order valence-corrected chi connectivity index (χ2v) is 5.26. The van der Waals surface area contributed by atoms with Crippen LogP contribution >= 0.6 is 0 Å². The molecule has 0 bridgehead atoms. The molecule has 0 radical (unpaired) electrons. The molecule has 2 N–H and O–H groups in total. The van der Waals surface area contributed by atoms with Crippen molar-refractivity contribution in [1.29, 1.82) is 0 Å². The third kappa shape index (κ3) is 2.72. The Morgan fingerprint density at radius 2 is 2.17 bits per heavy atom. The molecular formula is C16H13N7O. The first kappa shape index (κ1) is 14.1. The maximum Gasteiger partial charge on any atom is 0.255 e. The third-order valence-corrected chi connectivity index (χ3v) is 3.68. The number of carbonyl (C=O) groups excluding carboxylic acids is 1. The van der Waals surface area contributed by atoms with Gasteiger partial charge in [-0.3, -0.25) is 4.79 Å². The second kappa shape index (κ2) is 5.92. The number of aromatic amines is 1. The number of nitrogens with zero attached hydrogens (tertiary/aromatic N) is 5. The van der Waals surface area contributed by atoms with Crippen molar-refractivity contribution in [3.05, 3.63) is 72.1 Å². The first-order chi connectivity index (χ1) is 11.8. The van der Waals surface area contributed by atoms with Crippen molar-refractivity contribution in [2.45, 2.75) is 6.42 Å². The zero-order chi connectivity index (χ0) is 16.4. The Labute approximate surface area is 136 Å². The van der Waals surface area contributed by atoms with Gasteiger partial charge in [0.25, 0.3) is 5.91 Å². The van der Waals surface area contributed by atoms with Crippen molar-refractivity contribution >= 4 is 17.1 Å². The van der Waals surface area contributed by atoms with Gasteiger partial charge in [-0.1, -0.05) is 23.4 Å². The van der Waals surface area contributed by atoms with Crippen LogP contribution in [0, 0.1) is 0 Å². The zero-order valence-electron chi connectivity index (χ0n) is 12.5. The molecule has 8 heteroatoms. The van der Waals surface area contributed by atoms with E-state index in [0.717, 1.165) is 16.8 Å². The number of carbonyl (C=O) groups is 1. The van der Waals surface area contributed by atoms with Crippen LogP contribution in [0.1, 0.15) is 21.7 Å². The fourth-order valence-corrected chi connectivity index (χ4v) is 2.48. The molecule has 8 nitrogen and oxygen atoms in total. The number of tetrazole rings is 1. The van der Waals surface area contributed by atoms with E-state index in [2.05, 4.69) is 30.9 Å². The van der Waals surface area contributed by atoms with Gasteiger partial charge in [0, 0.05) is 23.9 Å². The summed E-state index contributed by atoms with van der Waals surface area (Å²) in [7, 11) is 0. The van der Waals surface area contributed by atoms with E-state index in [-0.39, 0.29) is 5.91 Å². The number of amides is 1. The van der Waals surface area contributed by atoms with Gasteiger partial charge < -0.3 is 9.72 Å². The van der Waals surface area contributed by atoms with Gasteiger partial charge in [0.1, 0.15) is 0 Å². The molecule has 0 spiro atoms. The summed E-state index contributed by atoms with van der Waals surface area (Å²) >= 11 is 0. The molecule has 118 valence electrons. The van der Waals surface area contributed by atoms with Crippen molar-refractivity contribution < 1.29 is 4.79 Å². The van der Waals surface area contributed by atoms with E-state index in [4.69, 9.17) is 0 Å². The highest BCUT2D eigenvalue weighted by Crippen LogP contribution is 2.19. The molecule has 3 aromatic heterocycles. The van der Waals surface area contributed by atoms with Gasteiger partial charge in [-0.15, -0.1) is 10.2 Å². The van der Waals surface area contributed by atoms with Gasteiger partial charge in [0.15, 0.2) is 5.82 Å². The maximum atomic E-state index is 12.5. The van der Waals surface area contributed by atoms with Crippen LogP contribution < -0.4 is 5.32 Å². The first-order valence-corrected chi connectivity index (χ1v) is 7.33. The second-order valence-electron chi connectivity index (χ2n) is 5.26. The number of nitrogens with one attached hydrogen (secondary N) is 2. The number of H-pyrrole nitrogens is 1. The van der Waals surface area contributed by atoms with Crippen LogP contribution in [0.2, 0.25) is 0 Å². The Bertz CT molecular complexity index is 991. The average molecular weight is 319 g/mol. The van der Waals surface area contributed by atoms with E-state index in [9.17, 15) is 4.79 Å². The van der Waals surface area contributed by atoms with Crippen molar-refractivity contribution in [2.24, 2.45) is 0 Å². The highest BCUT2D eigenvalue weighted by molar-refractivity contribution is 6.05. The summed E-state index contributed by atoms with van der Waals surface area (Å²) in [5, 5.41) is 16.8. The summed E-state index contributed by atoms with van der Waals surface area (Å²) in [6.07, 6.45) is 5.69. The molecule has 3 heterocycles. The van der Waals surface area contributed by atoms with Gasteiger partial charge in [-0.25, -0.2) is 4.98 Å². The predicted octanol–water partition coefficient (Wildman–Crippen LogP) is 1.69. The minimum Gasteiger partial charge on any atom is -0.322 e. The van der Waals surface area contributed by atoms with Gasteiger partial charge in [-0.05, 0) is 23.8 Å².